The zero-order valence-electron chi connectivity index (χ0n) is 20.3. The van der Waals surface area contributed by atoms with Gasteiger partial charge in [0.1, 0.15) is 24.4 Å². The summed E-state index contributed by atoms with van der Waals surface area (Å²) in [6, 6.07) is 5.14. The second-order valence-corrected chi connectivity index (χ2v) is 10.6. The Hall–Kier alpha value is -3.39. The average Bonchev–Trinajstić information content (AvgIpc) is 3.50. The molecule has 15 nitrogen and oxygen atoms in total. The maximum Gasteiger partial charge on any atom is 0.380 e. The molecule has 1 fully saturated rings. The molecule has 40 heavy (non-hydrogen) atoms. The number of nitrogens with two attached hydrogens (primary N) is 1. The normalized spacial score (nSPS) is 30.1. The molecule has 1 saturated heterocycles. The summed E-state index contributed by atoms with van der Waals surface area (Å²) in [5, 5.41) is 53.7. The van der Waals surface area contributed by atoms with E-state index in [1.54, 1.807) is 0 Å². The zero-order valence-corrected chi connectivity index (χ0v) is 21.1. The Labute approximate surface area is 224 Å². The minimum Gasteiger partial charge on any atom is -0.861 e. The summed E-state index contributed by atoms with van der Waals surface area (Å²) < 4.78 is 68.4. The van der Waals surface area contributed by atoms with E-state index in [-0.39, 0.29) is 22.6 Å². The van der Waals surface area contributed by atoms with Crippen LogP contribution in [0.2, 0.25) is 0 Å². The number of aliphatic hydroxyl groups excluding tert-OH is 3. The fourth-order valence-corrected chi connectivity index (χ4v) is 5.56. The molecule has 0 amide bonds. The molecule has 6 atom stereocenters. The number of aromatic nitrogens is 4. The first kappa shape index (κ1) is 28.1. The highest BCUT2D eigenvalue weighted by molar-refractivity contribution is 7.85. The number of aliphatic hydroxyl groups is 4. The van der Waals surface area contributed by atoms with Crippen LogP contribution in [0.4, 0.5) is 14.6 Å². The van der Waals surface area contributed by atoms with E-state index in [1.807, 2.05) is 0 Å². The summed E-state index contributed by atoms with van der Waals surface area (Å²) in [5.41, 5.74) is 2.86. The second-order valence-electron chi connectivity index (χ2n) is 9.35. The van der Waals surface area contributed by atoms with Crippen LogP contribution in [0.1, 0.15) is 36.3 Å². The minimum absolute atomic E-state index is 0.109. The molecule has 0 spiro atoms. The van der Waals surface area contributed by atoms with Crippen molar-refractivity contribution in [3.05, 3.63) is 48.0 Å². The molecule has 0 radical (unpaired) electrons. The van der Waals surface area contributed by atoms with Crippen LogP contribution in [0.5, 0.6) is 0 Å². The number of imidazole rings is 1. The van der Waals surface area contributed by atoms with Crippen LogP contribution in [-0.4, -0.2) is 80.5 Å². The van der Waals surface area contributed by atoms with Crippen molar-refractivity contribution in [1.82, 2.24) is 15.0 Å². The van der Waals surface area contributed by atoms with E-state index in [2.05, 4.69) is 23.5 Å². The molecule has 7 N–H and O–H groups in total. The van der Waals surface area contributed by atoms with Gasteiger partial charge in [-0.25, -0.2) is 8.75 Å². The molecule has 2 aliphatic rings. The van der Waals surface area contributed by atoms with E-state index in [9.17, 15) is 42.7 Å². The standard InChI is InChI=1S/C22H24F2N6O9S/c23-22(24)17(34)10-3-1-2-4-11(10)21(22,35)6-5-13(31)29-40(36,37)38-7-12-15(32)16(33)20(39-12)30-9-28-14-18(25)26-8-27-19(14)30/h1-4,8-9,12,15-17,20,32-35H,5-7H2,(H3,25,26,27,29,31)/t12-,15-,16-,17-,20-,21-/m1/s1. The number of anilines is 1. The SMILES string of the molecule is Nc1ncnc2c1[nH]c[n+]2[C@@H]1O[C@H](COS(=O)(=O)N=C([O-])CC[C@@]2(O)c3ccccc3[C@@H](O)C2(F)F)[C@@H](O)[C@H]1O. The molecule has 0 bridgehead atoms. The summed E-state index contributed by atoms with van der Waals surface area (Å²) in [7, 11) is -4.95. The van der Waals surface area contributed by atoms with Gasteiger partial charge < -0.3 is 36.0 Å². The monoisotopic (exact) mass is 586 g/mol. The molecule has 1 aromatic carbocycles. The number of nitrogen functional groups attached to an aromatic ring is 1. The molecule has 3 aromatic rings. The van der Waals surface area contributed by atoms with E-state index < -0.39 is 77.8 Å². The Bertz CT molecular complexity index is 1570. The number of aromatic amines is 1. The van der Waals surface area contributed by atoms with Crippen LogP contribution in [0.25, 0.3) is 11.2 Å². The molecule has 18 heteroatoms. The number of H-pyrrole nitrogens is 1. The minimum atomic E-state index is -4.95. The Morgan fingerprint density at radius 2 is 1.98 bits per heavy atom. The van der Waals surface area contributed by atoms with Crippen LogP contribution >= 0.6 is 0 Å². The van der Waals surface area contributed by atoms with Crippen molar-refractivity contribution < 1.29 is 56.2 Å². The van der Waals surface area contributed by atoms with E-state index in [1.165, 1.54) is 41.5 Å². The van der Waals surface area contributed by atoms with Crippen molar-refractivity contribution in [2.45, 2.75) is 55.0 Å². The van der Waals surface area contributed by atoms with Gasteiger partial charge in [-0.15, -0.1) is 0 Å². The first-order valence-corrected chi connectivity index (χ1v) is 13.2. The molecule has 5 rings (SSSR count). The third-order valence-corrected chi connectivity index (χ3v) is 7.81. The number of ether oxygens (including phenoxy) is 1. The van der Waals surface area contributed by atoms with E-state index in [4.69, 9.17) is 10.5 Å². The van der Waals surface area contributed by atoms with Crippen LogP contribution in [0.15, 0.2) is 41.3 Å². The van der Waals surface area contributed by atoms with Gasteiger partial charge in [0, 0.05) is 0 Å². The zero-order chi connectivity index (χ0) is 29.0. The van der Waals surface area contributed by atoms with Gasteiger partial charge in [0.25, 0.3) is 0 Å². The van der Waals surface area contributed by atoms with Gasteiger partial charge >= 0.3 is 21.9 Å². The number of rotatable bonds is 8. The Morgan fingerprint density at radius 1 is 1.25 bits per heavy atom. The Morgan fingerprint density at radius 3 is 2.73 bits per heavy atom. The highest BCUT2D eigenvalue weighted by Gasteiger charge is 2.64. The molecule has 2 aromatic heterocycles. The third-order valence-electron chi connectivity index (χ3n) is 6.95. The van der Waals surface area contributed by atoms with Crippen molar-refractivity contribution in [2.75, 3.05) is 12.3 Å². The summed E-state index contributed by atoms with van der Waals surface area (Å²) in [4.78, 5) is 10.6. The third kappa shape index (κ3) is 4.56. The van der Waals surface area contributed by atoms with Gasteiger partial charge in [0.15, 0.2) is 24.1 Å². The van der Waals surface area contributed by atoms with Gasteiger partial charge in [-0.05, 0) is 29.9 Å². The maximum absolute atomic E-state index is 14.7. The lowest BCUT2D eigenvalue weighted by molar-refractivity contribution is -0.745. The number of fused-ring (bicyclic) bond motifs is 2. The fraction of sp³-hybridized carbons (Fsp3) is 0.455. The summed E-state index contributed by atoms with van der Waals surface area (Å²) >= 11 is 0. The second kappa shape index (κ2) is 9.91. The molecule has 216 valence electrons. The summed E-state index contributed by atoms with van der Waals surface area (Å²) in [5.74, 6) is -5.35. The van der Waals surface area contributed by atoms with E-state index in [0.717, 1.165) is 0 Å². The number of hydrogen-bond acceptors (Lipinski definition) is 12. The average molecular weight is 587 g/mol. The number of hydrogen-bond donors (Lipinski definition) is 6. The Balaban J connectivity index is 1.24. The number of nitrogens with zero attached hydrogens (tertiary/aromatic N) is 4. The predicted octanol–water partition coefficient (Wildman–Crippen LogP) is -2.18. The number of halogens is 2. The Kier molecular flexibility index (Phi) is 6.97. The van der Waals surface area contributed by atoms with E-state index in [0.29, 0.717) is 5.52 Å². The van der Waals surface area contributed by atoms with Gasteiger partial charge in [0.05, 0.1) is 6.61 Å². The fourth-order valence-electron chi connectivity index (χ4n) is 4.86. The van der Waals surface area contributed by atoms with Crippen molar-refractivity contribution in [3.63, 3.8) is 0 Å². The smallest absolute Gasteiger partial charge is 0.380 e. The van der Waals surface area contributed by atoms with Crippen molar-refractivity contribution >= 4 is 33.2 Å². The highest BCUT2D eigenvalue weighted by atomic mass is 32.2. The lowest BCUT2D eigenvalue weighted by Gasteiger charge is -2.32. The largest absolute Gasteiger partial charge is 0.861 e. The topological polar surface area (TPSA) is 240 Å². The molecule has 0 unspecified atom stereocenters. The predicted molar refractivity (Wildman–Crippen MR) is 126 cm³/mol. The van der Waals surface area contributed by atoms with Crippen molar-refractivity contribution in [2.24, 2.45) is 4.40 Å². The van der Waals surface area contributed by atoms with Crippen LogP contribution in [0, 0.1) is 0 Å². The number of benzene rings is 1. The highest BCUT2D eigenvalue weighted by Crippen LogP contribution is 2.56. The molecule has 1 aliphatic carbocycles. The lowest BCUT2D eigenvalue weighted by Crippen LogP contribution is -2.45. The van der Waals surface area contributed by atoms with Gasteiger partial charge in [-0.2, -0.15) is 26.6 Å². The molecular formula is C22H24F2N6O9S. The number of nitrogens with one attached hydrogen (secondary N) is 1. The van der Waals surface area contributed by atoms with Crippen LogP contribution < -0.4 is 15.4 Å². The van der Waals surface area contributed by atoms with Crippen molar-refractivity contribution in [1.29, 1.82) is 0 Å². The van der Waals surface area contributed by atoms with Crippen LogP contribution in [-0.2, 0) is 24.8 Å². The molecule has 1 aliphatic heterocycles. The molecule has 3 heterocycles. The summed E-state index contributed by atoms with van der Waals surface area (Å²) in [6.07, 6.45) is -7.49. The molecule has 0 saturated carbocycles. The summed E-state index contributed by atoms with van der Waals surface area (Å²) in [6.45, 7) is -0.866. The first-order valence-electron chi connectivity index (χ1n) is 11.8. The maximum atomic E-state index is 14.7. The molecular weight excluding hydrogens is 562 g/mol. The first-order chi connectivity index (χ1) is 18.8. The quantitative estimate of drug-likeness (QED) is 0.0938. The van der Waals surface area contributed by atoms with Gasteiger partial charge in [-0.3, -0.25) is 4.98 Å². The van der Waals surface area contributed by atoms with Gasteiger partial charge in [0.2, 0.25) is 11.7 Å². The van der Waals surface area contributed by atoms with Gasteiger partial charge in [-0.1, -0.05) is 29.2 Å². The number of alkyl halides is 2. The van der Waals surface area contributed by atoms with Crippen LogP contribution in [0.3, 0.4) is 0 Å². The lowest BCUT2D eigenvalue weighted by atomic mass is 9.88. The van der Waals surface area contributed by atoms with Crippen molar-refractivity contribution in [3.8, 4) is 0 Å². The van der Waals surface area contributed by atoms with E-state index >= 15 is 0 Å².